The summed E-state index contributed by atoms with van der Waals surface area (Å²) in [4.78, 5) is 7.79. The minimum atomic E-state index is -0.149. The van der Waals surface area contributed by atoms with Gasteiger partial charge in [0.1, 0.15) is 5.82 Å². The summed E-state index contributed by atoms with van der Waals surface area (Å²) in [5.74, 6) is -0.149. The molecule has 0 atom stereocenters. The molecule has 27 heavy (non-hydrogen) atoms. The third kappa shape index (κ3) is 5.16. The SMILES string of the molecule is Fc1ccc(CN2CCC(N3CCN(Cc4ccccc4)CC3)CC2)cc1. The average molecular weight is 368 g/mol. The quantitative estimate of drug-likeness (QED) is 0.799. The summed E-state index contributed by atoms with van der Waals surface area (Å²) in [6.07, 6.45) is 2.50. The van der Waals surface area contributed by atoms with E-state index in [9.17, 15) is 4.39 Å². The van der Waals surface area contributed by atoms with Crippen molar-refractivity contribution < 1.29 is 4.39 Å². The molecule has 3 nitrogen and oxygen atoms in total. The zero-order chi connectivity index (χ0) is 18.5. The van der Waals surface area contributed by atoms with Gasteiger partial charge < -0.3 is 0 Å². The lowest BCUT2D eigenvalue weighted by Crippen LogP contribution is -2.52. The number of rotatable bonds is 5. The van der Waals surface area contributed by atoms with Gasteiger partial charge in [-0.1, -0.05) is 42.5 Å². The fourth-order valence-corrected chi connectivity index (χ4v) is 4.42. The van der Waals surface area contributed by atoms with E-state index in [1.165, 1.54) is 50.1 Å². The fourth-order valence-electron chi connectivity index (χ4n) is 4.42. The first-order valence-corrected chi connectivity index (χ1v) is 10.2. The maximum Gasteiger partial charge on any atom is 0.123 e. The summed E-state index contributed by atoms with van der Waals surface area (Å²) in [5, 5.41) is 0. The maximum atomic E-state index is 13.0. The number of likely N-dealkylation sites (tertiary alicyclic amines) is 1. The van der Waals surface area contributed by atoms with Gasteiger partial charge in [0.15, 0.2) is 0 Å². The highest BCUT2D eigenvalue weighted by molar-refractivity contribution is 5.16. The molecule has 0 N–H and O–H groups in total. The molecule has 0 radical (unpaired) electrons. The van der Waals surface area contributed by atoms with Crippen LogP contribution in [-0.4, -0.2) is 60.0 Å². The summed E-state index contributed by atoms with van der Waals surface area (Å²) in [7, 11) is 0. The van der Waals surface area contributed by atoms with Crippen LogP contribution in [0.3, 0.4) is 0 Å². The predicted molar refractivity (Wildman–Crippen MR) is 108 cm³/mol. The molecule has 2 aromatic carbocycles. The smallest absolute Gasteiger partial charge is 0.123 e. The van der Waals surface area contributed by atoms with Crippen LogP contribution in [0, 0.1) is 5.82 Å². The van der Waals surface area contributed by atoms with Crippen LogP contribution in [0.2, 0.25) is 0 Å². The van der Waals surface area contributed by atoms with Crippen molar-refractivity contribution in [2.24, 2.45) is 0 Å². The van der Waals surface area contributed by atoms with E-state index in [4.69, 9.17) is 0 Å². The van der Waals surface area contributed by atoms with Crippen LogP contribution in [0.15, 0.2) is 54.6 Å². The fraction of sp³-hybridized carbons (Fsp3) is 0.478. The van der Waals surface area contributed by atoms with Crippen molar-refractivity contribution in [2.45, 2.75) is 32.0 Å². The molecular weight excluding hydrogens is 337 g/mol. The van der Waals surface area contributed by atoms with Crippen molar-refractivity contribution >= 4 is 0 Å². The minimum Gasteiger partial charge on any atom is -0.299 e. The highest BCUT2D eigenvalue weighted by Crippen LogP contribution is 2.20. The van der Waals surface area contributed by atoms with Crippen molar-refractivity contribution in [2.75, 3.05) is 39.3 Å². The van der Waals surface area contributed by atoms with Gasteiger partial charge >= 0.3 is 0 Å². The van der Waals surface area contributed by atoms with E-state index in [1.54, 1.807) is 12.1 Å². The third-order valence-electron chi connectivity index (χ3n) is 6.05. The molecule has 144 valence electrons. The number of piperidine rings is 1. The number of halogens is 1. The summed E-state index contributed by atoms with van der Waals surface area (Å²) in [5.41, 5.74) is 2.63. The Hall–Kier alpha value is -1.75. The van der Waals surface area contributed by atoms with Crippen LogP contribution < -0.4 is 0 Å². The molecule has 0 aromatic heterocycles. The van der Waals surface area contributed by atoms with E-state index in [1.807, 2.05) is 12.1 Å². The Morgan fingerprint density at radius 3 is 1.85 bits per heavy atom. The van der Waals surface area contributed by atoms with Crippen molar-refractivity contribution in [3.63, 3.8) is 0 Å². The van der Waals surface area contributed by atoms with Crippen LogP contribution in [0.25, 0.3) is 0 Å². The summed E-state index contributed by atoms with van der Waals surface area (Å²) in [6.45, 7) is 9.03. The number of nitrogens with zero attached hydrogens (tertiary/aromatic N) is 3. The van der Waals surface area contributed by atoms with Crippen LogP contribution in [0.4, 0.5) is 4.39 Å². The van der Waals surface area contributed by atoms with Gasteiger partial charge in [-0.2, -0.15) is 0 Å². The molecule has 2 aliphatic rings. The largest absolute Gasteiger partial charge is 0.299 e. The Labute approximate surface area is 162 Å². The van der Waals surface area contributed by atoms with Gasteiger partial charge in [-0.25, -0.2) is 4.39 Å². The second kappa shape index (κ2) is 8.96. The van der Waals surface area contributed by atoms with Crippen LogP contribution in [0.5, 0.6) is 0 Å². The average Bonchev–Trinajstić information content (AvgIpc) is 2.72. The lowest BCUT2D eigenvalue weighted by atomic mass is 10.0. The predicted octanol–water partition coefficient (Wildman–Crippen LogP) is 3.61. The number of piperazine rings is 1. The number of hydrogen-bond donors (Lipinski definition) is 0. The zero-order valence-electron chi connectivity index (χ0n) is 16.1. The molecule has 0 amide bonds. The van der Waals surface area contributed by atoms with Crippen molar-refractivity contribution in [1.29, 1.82) is 0 Å². The van der Waals surface area contributed by atoms with Gasteiger partial charge in [-0.15, -0.1) is 0 Å². The first-order valence-electron chi connectivity index (χ1n) is 10.2. The van der Waals surface area contributed by atoms with E-state index >= 15 is 0 Å². The Kier molecular flexibility index (Phi) is 6.17. The standard InChI is InChI=1S/C23H30FN3/c24-22-8-6-21(7-9-22)19-25-12-10-23(11-13-25)27-16-14-26(15-17-27)18-20-4-2-1-3-5-20/h1-9,23H,10-19H2. The Morgan fingerprint density at radius 1 is 0.667 bits per heavy atom. The van der Waals surface area contributed by atoms with E-state index in [-0.39, 0.29) is 5.82 Å². The number of benzene rings is 2. The van der Waals surface area contributed by atoms with Gasteiger partial charge in [0.25, 0.3) is 0 Å². The molecule has 4 rings (SSSR count). The molecule has 0 saturated carbocycles. The van der Waals surface area contributed by atoms with E-state index in [0.29, 0.717) is 0 Å². The van der Waals surface area contributed by atoms with Gasteiger partial charge in [0.2, 0.25) is 0 Å². The molecule has 2 saturated heterocycles. The summed E-state index contributed by atoms with van der Waals surface area (Å²) in [6, 6.07) is 18.5. The molecule has 2 aliphatic heterocycles. The molecule has 0 aliphatic carbocycles. The van der Waals surface area contributed by atoms with Gasteiger partial charge in [-0.3, -0.25) is 14.7 Å². The second-order valence-corrected chi connectivity index (χ2v) is 7.93. The van der Waals surface area contributed by atoms with E-state index in [2.05, 4.69) is 45.0 Å². The zero-order valence-corrected chi connectivity index (χ0v) is 16.1. The lowest BCUT2D eigenvalue weighted by Gasteiger charge is -2.42. The summed E-state index contributed by atoms with van der Waals surface area (Å²) >= 11 is 0. The van der Waals surface area contributed by atoms with E-state index in [0.717, 1.165) is 32.2 Å². The monoisotopic (exact) mass is 367 g/mol. The second-order valence-electron chi connectivity index (χ2n) is 7.93. The molecule has 4 heteroatoms. The van der Waals surface area contributed by atoms with Crippen molar-refractivity contribution in [1.82, 2.24) is 14.7 Å². The molecule has 2 heterocycles. The van der Waals surface area contributed by atoms with Crippen LogP contribution in [0.1, 0.15) is 24.0 Å². The highest BCUT2D eigenvalue weighted by atomic mass is 19.1. The Bertz CT molecular complexity index is 687. The van der Waals surface area contributed by atoms with Gasteiger partial charge in [0.05, 0.1) is 0 Å². The van der Waals surface area contributed by atoms with Crippen molar-refractivity contribution in [3.8, 4) is 0 Å². The first kappa shape index (κ1) is 18.6. The highest BCUT2D eigenvalue weighted by Gasteiger charge is 2.27. The summed E-state index contributed by atoms with van der Waals surface area (Å²) < 4.78 is 13.0. The van der Waals surface area contributed by atoms with Crippen LogP contribution >= 0.6 is 0 Å². The first-order chi connectivity index (χ1) is 13.3. The Balaban J connectivity index is 1.20. The third-order valence-corrected chi connectivity index (χ3v) is 6.05. The molecule has 0 spiro atoms. The topological polar surface area (TPSA) is 9.72 Å². The maximum absolute atomic E-state index is 13.0. The van der Waals surface area contributed by atoms with Gasteiger partial charge in [0, 0.05) is 45.3 Å². The Morgan fingerprint density at radius 2 is 1.22 bits per heavy atom. The molecule has 0 unspecified atom stereocenters. The van der Waals surface area contributed by atoms with Gasteiger partial charge in [-0.05, 0) is 49.2 Å². The molecular formula is C23H30FN3. The molecule has 0 bridgehead atoms. The number of hydrogen-bond acceptors (Lipinski definition) is 3. The van der Waals surface area contributed by atoms with Crippen molar-refractivity contribution in [3.05, 3.63) is 71.5 Å². The lowest BCUT2D eigenvalue weighted by molar-refractivity contribution is 0.0550. The van der Waals surface area contributed by atoms with E-state index < -0.39 is 0 Å². The molecule has 2 fully saturated rings. The molecule has 2 aromatic rings. The minimum absolute atomic E-state index is 0.149. The van der Waals surface area contributed by atoms with Crippen LogP contribution in [-0.2, 0) is 13.1 Å². The normalized spacial score (nSPS) is 20.8.